The lowest BCUT2D eigenvalue weighted by Crippen LogP contribution is -2.34. The number of piperidine rings is 1. The van der Waals surface area contributed by atoms with Gasteiger partial charge in [0.2, 0.25) is 0 Å². The van der Waals surface area contributed by atoms with Gasteiger partial charge >= 0.3 is 6.01 Å². The van der Waals surface area contributed by atoms with E-state index in [1.54, 1.807) is 0 Å². The Bertz CT molecular complexity index is 424. The highest BCUT2D eigenvalue weighted by Gasteiger charge is 2.43. The van der Waals surface area contributed by atoms with Crippen molar-refractivity contribution in [1.29, 1.82) is 0 Å². The fourth-order valence-electron chi connectivity index (χ4n) is 3.17. The largest absolute Gasteiger partial charge is 0.396 e. The van der Waals surface area contributed by atoms with E-state index in [1.807, 2.05) is 0 Å². The molecule has 0 radical (unpaired) electrons. The summed E-state index contributed by atoms with van der Waals surface area (Å²) in [5.41, 5.74) is 0. The van der Waals surface area contributed by atoms with E-state index in [1.165, 1.54) is 19.3 Å². The van der Waals surface area contributed by atoms with Crippen LogP contribution in [0.5, 0.6) is 0 Å². The second-order valence-electron chi connectivity index (χ2n) is 6.26. The Morgan fingerprint density at radius 1 is 1.37 bits per heavy atom. The second kappa shape index (κ2) is 5.12. The molecule has 0 bridgehead atoms. The third-order valence-corrected chi connectivity index (χ3v) is 4.57. The molecule has 1 aliphatic heterocycles. The summed E-state index contributed by atoms with van der Waals surface area (Å²) in [5.74, 6) is 3.22. The molecule has 0 amide bonds. The van der Waals surface area contributed by atoms with Gasteiger partial charge in [-0.15, -0.1) is 0 Å². The zero-order valence-electron chi connectivity index (χ0n) is 11.7. The Balaban J connectivity index is 1.54. The van der Waals surface area contributed by atoms with Crippen LogP contribution in [0.15, 0.2) is 4.52 Å². The van der Waals surface area contributed by atoms with Gasteiger partial charge in [-0.25, -0.2) is 0 Å². The Morgan fingerprint density at radius 2 is 2.11 bits per heavy atom. The van der Waals surface area contributed by atoms with Crippen molar-refractivity contribution in [2.45, 2.75) is 39.0 Å². The molecule has 5 heteroatoms. The molecule has 2 atom stereocenters. The Kier molecular flexibility index (Phi) is 3.48. The van der Waals surface area contributed by atoms with Gasteiger partial charge in [0.15, 0.2) is 5.82 Å². The van der Waals surface area contributed by atoms with Crippen LogP contribution in [-0.2, 0) is 0 Å². The molecule has 19 heavy (non-hydrogen) atoms. The maximum atomic E-state index is 9.15. The highest BCUT2D eigenvalue weighted by Crippen LogP contribution is 2.47. The van der Waals surface area contributed by atoms with Crippen LogP contribution >= 0.6 is 0 Å². The first-order valence-electron chi connectivity index (χ1n) is 7.38. The molecule has 0 spiro atoms. The molecule has 2 aliphatic rings. The molecule has 1 N–H and O–H groups in total. The summed E-state index contributed by atoms with van der Waals surface area (Å²) in [7, 11) is 0. The van der Waals surface area contributed by atoms with Gasteiger partial charge in [-0.05, 0) is 37.0 Å². The monoisotopic (exact) mass is 265 g/mol. The van der Waals surface area contributed by atoms with Crippen molar-refractivity contribution >= 4 is 6.01 Å². The number of hydrogen-bond donors (Lipinski definition) is 1. The van der Waals surface area contributed by atoms with E-state index in [0.717, 1.165) is 30.7 Å². The van der Waals surface area contributed by atoms with Crippen molar-refractivity contribution in [3.63, 3.8) is 0 Å². The smallest absolute Gasteiger partial charge is 0.324 e. The van der Waals surface area contributed by atoms with Gasteiger partial charge < -0.3 is 14.5 Å². The SMILES string of the molecule is CC(C)c1noc(N2CCC([C@H]3C[C@H]3CO)CC2)n1. The maximum Gasteiger partial charge on any atom is 0.324 e. The summed E-state index contributed by atoms with van der Waals surface area (Å²) < 4.78 is 5.34. The number of aromatic nitrogens is 2. The summed E-state index contributed by atoms with van der Waals surface area (Å²) in [4.78, 5) is 6.66. The molecule has 1 aliphatic carbocycles. The Morgan fingerprint density at radius 3 is 2.63 bits per heavy atom. The molecule has 2 heterocycles. The minimum absolute atomic E-state index is 0.312. The molecule has 2 fully saturated rings. The molecule has 106 valence electrons. The molecule has 1 saturated carbocycles. The van der Waals surface area contributed by atoms with Crippen molar-refractivity contribution < 1.29 is 9.63 Å². The molecule has 5 nitrogen and oxygen atoms in total. The van der Waals surface area contributed by atoms with Gasteiger partial charge in [0.25, 0.3) is 0 Å². The van der Waals surface area contributed by atoms with E-state index in [0.29, 0.717) is 24.5 Å². The van der Waals surface area contributed by atoms with E-state index in [4.69, 9.17) is 9.63 Å². The van der Waals surface area contributed by atoms with Gasteiger partial charge in [0.05, 0.1) is 0 Å². The molecule has 0 aromatic carbocycles. The Hall–Kier alpha value is -1.10. The Labute approximate surface area is 114 Å². The minimum Gasteiger partial charge on any atom is -0.396 e. The van der Waals surface area contributed by atoms with E-state index in [2.05, 4.69) is 28.9 Å². The third kappa shape index (κ3) is 2.61. The van der Waals surface area contributed by atoms with Crippen LogP contribution in [0.4, 0.5) is 6.01 Å². The van der Waals surface area contributed by atoms with Crippen LogP contribution in [-0.4, -0.2) is 34.9 Å². The lowest BCUT2D eigenvalue weighted by molar-refractivity contribution is 0.247. The van der Waals surface area contributed by atoms with Crippen molar-refractivity contribution in [1.82, 2.24) is 10.1 Å². The summed E-state index contributed by atoms with van der Waals surface area (Å²) in [6.45, 7) is 6.51. The average molecular weight is 265 g/mol. The second-order valence-corrected chi connectivity index (χ2v) is 6.26. The van der Waals surface area contributed by atoms with Gasteiger partial charge in [0, 0.05) is 25.6 Å². The normalized spacial score (nSPS) is 28.1. The molecule has 0 unspecified atom stereocenters. The summed E-state index contributed by atoms with van der Waals surface area (Å²) in [5, 5.41) is 13.2. The fourth-order valence-corrected chi connectivity index (χ4v) is 3.17. The van der Waals surface area contributed by atoms with Crippen LogP contribution in [0.25, 0.3) is 0 Å². The maximum absolute atomic E-state index is 9.15. The van der Waals surface area contributed by atoms with Gasteiger partial charge in [-0.1, -0.05) is 19.0 Å². The lowest BCUT2D eigenvalue weighted by Gasteiger charge is -2.30. The summed E-state index contributed by atoms with van der Waals surface area (Å²) in [6.07, 6.45) is 3.58. The standard InChI is InChI=1S/C14H23N3O2/c1-9(2)13-15-14(19-16-13)17-5-3-10(4-6-17)12-7-11(12)8-18/h9-12,18H,3-8H2,1-2H3/t11-,12+/m0/s1. The van der Waals surface area contributed by atoms with Gasteiger partial charge in [-0.3, -0.25) is 0 Å². The van der Waals surface area contributed by atoms with Crippen LogP contribution in [0, 0.1) is 17.8 Å². The van der Waals surface area contributed by atoms with E-state index >= 15 is 0 Å². The average Bonchev–Trinajstić information content (AvgIpc) is 3.05. The van der Waals surface area contributed by atoms with Crippen molar-refractivity contribution in [2.75, 3.05) is 24.6 Å². The minimum atomic E-state index is 0.312. The molecular formula is C14H23N3O2. The van der Waals surface area contributed by atoms with E-state index < -0.39 is 0 Å². The fraction of sp³-hybridized carbons (Fsp3) is 0.857. The van der Waals surface area contributed by atoms with Crippen molar-refractivity contribution in [2.24, 2.45) is 17.8 Å². The van der Waals surface area contributed by atoms with E-state index in [-0.39, 0.29) is 0 Å². The predicted octanol–water partition coefficient (Wildman–Crippen LogP) is 2.04. The van der Waals surface area contributed by atoms with Crippen LogP contribution in [0.1, 0.15) is 44.9 Å². The predicted molar refractivity (Wildman–Crippen MR) is 72.0 cm³/mol. The first-order chi connectivity index (χ1) is 9.19. The zero-order valence-corrected chi connectivity index (χ0v) is 11.7. The van der Waals surface area contributed by atoms with Gasteiger partial charge in [-0.2, -0.15) is 4.98 Å². The summed E-state index contributed by atoms with van der Waals surface area (Å²) >= 11 is 0. The van der Waals surface area contributed by atoms with Crippen LogP contribution in [0.3, 0.4) is 0 Å². The zero-order chi connectivity index (χ0) is 13.4. The lowest BCUT2D eigenvalue weighted by atomic mass is 9.91. The molecule has 1 saturated heterocycles. The molecular weight excluding hydrogens is 242 g/mol. The summed E-state index contributed by atoms with van der Waals surface area (Å²) in [6, 6.07) is 0.677. The quantitative estimate of drug-likeness (QED) is 0.902. The molecule has 3 rings (SSSR count). The first-order valence-corrected chi connectivity index (χ1v) is 7.38. The number of hydrogen-bond acceptors (Lipinski definition) is 5. The topological polar surface area (TPSA) is 62.4 Å². The van der Waals surface area contributed by atoms with E-state index in [9.17, 15) is 0 Å². The first kappa shape index (κ1) is 12.9. The number of nitrogens with zero attached hydrogens (tertiary/aromatic N) is 3. The third-order valence-electron chi connectivity index (χ3n) is 4.57. The van der Waals surface area contributed by atoms with Crippen molar-refractivity contribution in [3.05, 3.63) is 5.82 Å². The number of rotatable bonds is 4. The molecule has 1 aromatic heterocycles. The van der Waals surface area contributed by atoms with Crippen molar-refractivity contribution in [3.8, 4) is 0 Å². The van der Waals surface area contributed by atoms with Crippen LogP contribution < -0.4 is 4.90 Å². The molecule has 1 aromatic rings. The number of aliphatic hydroxyl groups excluding tert-OH is 1. The van der Waals surface area contributed by atoms with Crippen LogP contribution in [0.2, 0.25) is 0 Å². The van der Waals surface area contributed by atoms with Gasteiger partial charge in [0.1, 0.15) is 0 Å². The number of aliphatic hydroxyl groups is 1. The number of anilines is 1. The highest BCUT2D eigenvalue weighted by atomic mass is 16.5. The highest BCUT2D eigenvalue weighted by molar-refractivity contribution is 5.26.